The molecule has 0 unspecified atom stereocenters. The molecule has 0 aliphatic heterocycles. The molecule has 0 radical (unpaired) electrons. The maximum absolute atomic E-state index is 12.2. The van der Waals surface area contributed by atoms with Crippen LogP contribution in [0.5, 0.6) is 5.75 Å². The highest BCUT2D eigenvalue weighted by molar-refractivity contribution is 5.81. The number of alkyl halides is 3. The molecule has 1 aromatic rings. The van der Waals surface area contributed by atoms with Gasteiger partial charge >= 0.3 is 12.1 Å². The normalized spacial score (nSPS) is 12.2. The lowest BCUT2D eigenvalue weighted by Crippen LogP contribution is -2.36. The minimum absolute atomic E-state index is 0.172. The molecule has 20 heavy (non-hydrogen) atoms. The molecule has 0 heterocycles. The number of rotatable bonds is 3. The first-order chi connectivity index (χ1) is 9.05. The zero-order chi connectivity index (χ0) is 15.6. The Morgan fingerprint density at radius 1 is 1.25 bits per heavy atom. The van der Waals surface area contributed by atoms with E-state index in [-0.39, 0.29) is 12.0 Å². The molecule has 0 fully saturated rings. The molecule has 0 aliphatic rings. The van der Waals surface area contributed by atoms with Crippen LogP contribution in [0, 0.1) is 0 Å². The van der Waals surface area contributed by atoms with Crippen LogP contribution in [0.1, 0.15) is 31.9 Å². The first-order valence-corrected chi connectivity index (χ1v) is 6.08. The summed E-state index contributed by atoms with van der Waals surface area (Å²) < 4.78 is 41.6. The largest absolute Gasteiger partial charge is 0.497 e. The second kappa shape index (κ2) is 5.73. The summed E-state index contributed by atoms with van der Waals surface area (Å²) in [6.45, 7) is 5.65. The van der Waals surface area contributed by atoms with Gasteiger partial charge in [0.25, 0.3) is 0 Å². The second-order valence-corrected chi connectivity index (χ2v) is 5.45. The van der Waals surface area contributed by atoms with Crippen LogP contribution in [0.3, 0.4) is 0 Å². The molecule has 0 bridgehead atoms. The summed E-state index contributed by atoms with van der Waals surface area (Å²) >= 11 is 0. The number of hydrogen-bond acceptors (Lipinski definition) is 2. The zero-order valence-electron chi connectivity index (χ0n) is 11.9. The van der Waals surface area contributed by atoms with Crippen LogP contribution >= 0.6 is 0 Å². The number of amides is 1. The van der Waals surface area contributed by atoms with Crippen molar-refractivity contribution in [2.24, 2.45) is 0 Å². The average molecular weight is 289 g/mol. The number of hydrogen-bond donors (Lipinski definition) is 1. The van der Waals surface area contributed by atoms with Crippen LogP contribution in [0.15, 0.2) is 18.2 Å². The lowest BCUT2D eigenvalue weighted by atomic mass is 9.83. The van der Waals surface area contributed by atoms with Crippen LogP contribution in [0.4, 0.5) is 13.2 Å². The summed E-state index contributed by atoms with van der Waals surface area (Å²) in [7, 11) is 1.52. The number of ether oxygens (including phenoxy) is 1. The van der Waals surface area contributed by atoms with Gasteiger partial charge in [0.15, 0.2) is 0 Å². The SMILES string of the molecule is COc1ccc(CNC(=O)C(F)(F)F)c(C(C)(C)C)c1. The summed E-state index contributed by atoms with van der Waals surface area (Å²) in [5, 5.41) is 1.88. The van der Waals surface area contributed by atoms with Crippen LogP contribution in [0.25, 0.3) is 0 Å². The summed E-state index contributed by atoms with van der Waals surface area (Å²) in [6, 6.07) is 5.09. The van der Waals surface area contributed by atoms with Gasteiger partial charge in [-0.3, -0.25) is 4.79 Å². The Balaban J connectivity index is 2.98. The number of carbonyl (C=O) groups excluding carboxylic acids is 1. The average Bonchev–Trinajstić information content (AvgIpc) is 2.33. The number of halogens is 3. The van der Waals surface area contributed by atoms with Gasteiger partial charge in [0.05, 0.1) is 7.11 Å². The van der Waals surface area contributed by atoms with Crippen LogP contribution < -0.4 is 10.1 Å². The monoisotopic (exact) mass is 289 g/mol. The molecular weight excluding hydrogens is 271 g/mol. The van der Waals surface area contributed by atoms with E-state index in [9.17, 15) is 18.0 Å². The van der Waals surface area contributed by atoms with Crippen molar-refractivity contribution in [2.45, 2.75) is 38.9 Å². The highest BCUT2D eigenvalue weighted by Gasteiger charge is 2.38. The molecule has 0 aliphatic carbocycles. The molecule has 1 aromatic carbocycles. The van der Waals surface area contributed by atoms with Crippen molar-refractivity contribution in [1.29, 1.82) is 0 Å². The van der Waals surface area contributed by atoms with Crippen LogP contribution in [-0.2, 0) is 16.8 Å². The molecular formula is C14H18F3NO2. The van der Waals surface area contributed by atoms with Crippen molar-refractivity contribution in [2.75, 3.05) is 7.11 Å². The lowest BCUT2D eigenvalue weighted by molar-refractivity contribution is -0.173. The molecule has 0 atom stereocenters. The van der Waals surface area contributed by atoms with Crippen molar-refractivity contribution in [3.63, 3.8) is 0 Å². The van der Waals surface area contributed by atoms with E-state index in [2.05, 4.69) is 0 Å². The fourth-order valence-corrected chi connectivity index (χ4v) is 1.81. The lowest BCUT2D eigenvalue weighted by Gasteiger charge is -2.24. The molecule has 1 N–H and O–H groups in total. The fourth-order valence-electron chi connectivity index (χ4n) is 1.81. The van der Waals surface area contributed by atoms with Crippen LogP contribution in [0.2, 0.25) is 0 Å². The third-order valence-corrected chi connectivity index (χ3v) is 2.82. The number of benzene rings is 1. The third-order valence-electron chi connectivity index (χ3n) is 2.82. The van der Waals surface area contributed by atoms with E-state index in [4.69, 9.17) is 4.74 Å². The van der Waals surface area contributed by atoms with Gasteiger partial charge in [0, 0.05) is 6.54 Å². The Bertz CT molecular complexity index is 490. The van der Waals surface area contributed by atoms with E-state index in [1.165, 1.54) is 7.11 Å². The maximum atomic E-state index is 12.2. The van der Waals surface area contributed by atoms with Crippen molar-refractivity contribution in [3.05, 3.63) is 29.3 Å². The van der Waals surface area contributed by atoms with Crippen molar-refractivity contribution in [1.82, 2.24) is 5.32 Å². The first kappa shape index (κ1) is 16.3. The van der Waals surface area contributed by atoms with E-state index in [1.54, 1.807) is 18.2 Å². The highest BCUT2D eigenvalue weighted by Crippen LogP contribution is 2.29. The predicted molar refractivity (Wildman–Crippen MR) is 69.6 cm³/mol. The van der Waals surface area contributed by atoms with Gasteiger partial charge in [0.1, 0.15) is 5.75 Å². The minimum Gasteiger partial charge on any atom is -0.497 e. The second-order valence-electron chi connectivity index (χ2n) is 5.45. The van der Waals surface area contributed by atoms with E-state index in [1.807, 2.05) is 26.1 Å². The molecule has 3 nitrogen and oxygen atoms in total. The van der Waals surface area contributed by atoms with Gasteiger partial charge in [-0.15, -0.1) is 0 Å². The van der Waals surface area contributed by atoms with E-state index in [0.717, 1.165) is 5.56 Å². The number of carbonyl (C=O) groups is 1. The Hall–Kier alpha value is -1.72. The molecule has 1 amide bonds. The molecule has 0 aromatic heterocycles. The molecule has 112 valence electrons. The quantitative estimate of drug-likeness (QED) is 0.928. The molecule has 0 spiro atoms. The molecule has 0 saturated heterocycles. The third kappa shape index (κ3) is 4.15. The Kier molecular flexibility index (Phi) is 4.68. The van der Waals surface area contributed by atoms with Gasteiger partial charge < -0.3 is 10.1 Å². The van der Waals surface area contributed by atoms with E-state index in [0.29, 0.717) is 11.3 Å². The van der Waals surface area contributed by atoms with E-state index < -0.39 is 12.1 Å². The smallest absolute Gasteiger partial charge is 0.471 e. The van der Waals surface area contributed by atoms with Crippen molar-refractivity contribution >= 4 is 5.91 Å². The Morgan fingerprint density at radius 3 is 2.30 bits per heavy atom. The molecule has 6 heteroatoms. The van der Waals surface area contributed by atoms with Gasteiger partial charge in [-0.05, 0) is 28.7 Å². The van der Waals surface area contributed by atoms with Crippen molar-refractivity contribution in [3.8, 4) is 5.75 Å². The summed E-state index contributed by atoms with van der Waals surface area (Å²) in [4.78, 5) is 10.9. The predicted octanol–water partition coefficient (Wildman–Crippen LogP) is 3.17. The van der Waals surface area contributed by atoms with Crippen molar-refractivity contribution < 1.29 is 22.7 Å². The highest BCUT2D eigenvalue weighted by atomic mass is 19.4. The van der Waals surface area contributed by atoms with Gasteiger partial charge in [-0.25, -0.2) is 0 Å². The molecule has 1 rings (SSSR count). The summed E-state index contributed by atoms with van der Waals surface area (Å²) in [5.41, 5.74) is 1.20. The minimum atomic E-state index is -4.87. The van der Waals surface area contributed by atoms with E-state index >= 15 is 0 Å². The Labute approximate surface area is 116 Å². The summed E-state index contributed by atoms with van der Waals surface area (Å²) in [5.74, 6) is -1.31. The summed E-state index contributed by atoms with van der Waals surface area (Å²) in [6.07, 6.45) is -4.87. The van der Waals surface area contributed by atoms with Crippen LogP contribution in [-0.4, -0.2) is 19.2 Å². The van der Waals surface area contributed by atoms with Gasteiger partial charge in [-0.2, -0.15) is 13.2 Å². The zero-order valence-corrected chi connectivity index (χ0v) is 11.9. The maximum Gasteiger partial charge on any atom is 0.471 e. The van der Waals surface area contributed by atoms with Gasteiger partial charge in [0.2, 0.25) is 0 Å². The standard InChI is InChI=1S/C14H18F3NO2/c1-13(2,3)11-7-10(20-4)6-5-9(11)8-18-12(19)14(15,16)17/h5-7H,8H2,1-4H3,(H,18,19). The Morgan fingerprint density at radius 2 is 1.85 bits per heavy atom. The number of methoxy groups -OCH3 is 1. The number of nitrogens with one attached hydrogen (secondary N) is 1. The fraction of sp³-hybridized carbons (Fsp3) is 0.500. The molecule has 0 saturated carbocycles. The topological polar surface area (TPSA) is 38.3 Å². The van der Waals surface area contributed by atoms with Gasteiger partial charge in [-0.1, -0.05) is 26.8 Å². The first-order valence-electron chi connectivity index (χ1n) is 6.08.